The van der Waals surface area contributed by atoms with Gasteiger partial charge in [0.15, 0.2) is 11.7 Å². The standard InChI is InChI=1S/C33H53N5O4/c1-24(39)38(26-15-7-6-8-16-26)31(41)20-9-4-5-12-21-42-30-19-13-14-25-22-37(33(34)35-32(25)30)23-29(40)27-17-10-11-18-28(27)36(2)3/h13-14,19,24,26-28,39H,4-12,15-18,20-23H2,1-3H3,(H2,34,35). The number of nitrogens with zero attached hydrogens (tertiary/aromatic N) is 4. The number of para-hydroxylation sites is 1. The summed E-state index contributed by atoms with van der Waals surface area (Å²) in [4.78, 5) is 36.6. The Morgan fingerprint density at radius 3 is 2.50 bits per heavy atom. The number of guanidine groups is 1. The van der Waals surface area contributed by atoms with Crippen molar-refractivity contribution in [1.29, 1.82) is 0 Å². The molecule has 42 heavy (non-hydrogen) atoms. The second-order valence-corrected chi connectivity index (χ2v) is 12.7. The molecular formula is C33H53N5O4. The van der Waals surface area contributed by atoms with Crippen LogP contribution in [0.25, 0.3) is 0 Å². The Morgan fingerprint density at radius 1 is 1.05 bits per heavy atom. The van der Waals surface area contributed by atoms with Gasteiger partial charge in [0.25, 0.3) is 0 Å². The Bertz CT molecular complexity index is 1070. The first-order chi connectivity index (χ1) is 20.3. The number of ether oxygens (including phenoxy) is 1. The third-order valence-corrected chi connectivity index (χ3v) is 9.35. The molecule has 0 aromatic heterocycles. The van der Waals surface area contributed by atoms with E-state index in [9.17, 15) is 14.7 Å². The van der Waals surface area contributed by atoms with Gasteiger partial charge in [-0.05, 0) is 65.6 Å². The van der Waals surface area contributed by atoms with Gasteiger partial charge < -0.3 is 30.3 Å². The Labute approximate surface area is 252 Å². The number of rotatable bonds is 14. The first kappa shape index (κ1) is 32.3. The lowest BCUT2D eigenvalue weighted by atomic mass is 9.81. The van der Waals surface area contributed by atoms with Gasteiger partial charge in [0, 0.05) is 36.5 Å². The number of carbonyl (C=O) groups is 2. The number of benzene rings is 1. The van der Waals surface area contributed by atoms with Crippen LogP contribution in [0.3, 0.4) is 0 Å². The molecule has 1 heterocycles. The van der Waals surface area contributed by atoms with Gasteiger partial charge in [-0.2, -0.15) is 0 Å². The molecular weight excluding hydrogens is 530 g/mol. The average molecular weight is 584 g/mol. The molecule has 1 aromatic rings. The van der Waals surface area contributed by atoms with E-state index in [1.165, 1.54) is 12.8 Å². The molecule has 9 heteroatoms. The summed E-state index contributed by atoms with van der Waals surface area (Å²) in [5.74, 6) is 1.46. The van der Waals surface area contributed by atoms with E-state index in [-0.39, 0.29) is 30.2 Å². The molecule has 1 aromatic carbocycles. The van der Waals surface area contributed by atoms with Gasteiger partial charge in [-0.3, -0.25) is 9.59 Å². The van der Waals surface area contributed by atoms with Gasteiger partial charge in [-0.15, -0.1) is 0 Å². The van der Waals surface area contributed by atoms with Crippen LogP contribution in [-0.4, -0.2) is 83.0 Å². The molecule has 1 amide bonds. The second-order valence-electron chi connectivity index (χ2n) is 12.7. The predicted octanol–water partition coefficient (Wildman–Crippen LogP) is 4.97. The quantitative estimate of drug-likeness (QED) is 0.235. The van der Waals surface area contributed by atoms with E-state index < -0.39 is 6.23 Å². The summed E-state index contributed by atoms with van der Waals surface area (Å²) in [6.45, 7) is 3.11. The number of ketones is 1. The van der Waals surface area contributed by atoms with Gasteiger partial charge in [0.05, 0.1) is 13.2 Å². The number of hydrogen-bond acceptors (Lipinski definition) is 8. The van der Waals surface area contributed by atoms with Crippen molar-refractivity contribution in [3.05, 3.63) is 23.8 Å². The highest BCUT2D eigenvalue weighted by atomic mass is 16.5. The number of aliphatic hydroxyl groups excluding tert-OH is 1. The molecule has 9 nitrogen and oxygen atoms in total. The fourth-order valence-electron chi connectivity index (χ4n) is 7.08. The number of fused-ring (bicyclic) bond motifs is 1. The molecule has 3 atom stereocenters. The number of nitrogens with two attached hydrogens (primary N) is 1. The molecule has 2 saturated carbocycles. The van der Waals surface area contributed by atoms with Crippen LogP contribution in [0, 0.1) is 5.92 Å². The average Bonchev–Trinajstić information content (AvgIpc) is 2.97. The highest BCUT2D eigenvalue weighted by molar-refractivity contribution is 5.91. The van der Waals surface area contributed by atoms with Gasteiger partial charge >= 0.3 is 0 Å². The lowest BCUT2D eigenvalue weighted by molar-refractivity contribution is -0.145. The molecule has 1 aliphatic heterocycles. The molecule has 2 aliphatic carbocycles. The number of aliphatic imine (C=N–C) groups is 1. The Hall–Kier alpha value is -2.65. The molecule has 3 N–H and O–H groups in total. The van der Waals surface area contributed by atoms with Gasteiger partial charge in [0.1, 0.15) is 17.7 Å². The molecule has 0 radical (unpaired) electrons. The monoisotopic (exact) mass is 583 g/mol. The number of Topliss-reactive ketones (excluding diaryl/α,β-unsaturated/α-hetero) is 1. The summed E-state index contributed by atoms with van der Waals surface area (Å²) in [6.07, 6.45) is 13.2. The molecule has 234 valence electrons. The Balaban J connectivity index is 1.21. The molecule has 2 fully saturated rings. The van der Waals surface area contributed by atoms with E-state index in [0.717, 1.165) is 87.6 Å². The topological polar surface area (TPSA) is 112 Å². The Morgan fingerprint density at radius 2 is 1.76 bits per heavy atom. The second kappa shape index (κ2) is 15.7. The number of aliphatic hydroxyl groups is 1. The van der Waals surface area contributed by atoms with Gasteiger partial charge in [0.2, 0.25) is 5.91 Å². The fourth-order valence-corrected chi connectivity index (χ4v) is 7.08. The van der Waals surface area contributed by atoms with Gasteiger partial charge in [-0.1, -0.05) is 57.1 Å². The zero-order valence-corrected chi connectivity index (χ0v) is 26.1. The zero-order chi connectivity index (χ0) is 30.1. The minimum atomic E-state index is -0.720. The van der Waals surface area contributed by atoms with Crippen molar-refractivity contribution < 1.29 is 19.4 Å². The maximum atomic E-state index is 13.3. The summed E-state index contributed by atoms with van der Waals surface area (Å²) in [6, 6.07) is 6.41. The van der Waals surface area contributed by atoms with Crippen molar-refractivity contribution >= 4 is 23.3 Å². The molecule has 0 bridgehead atoms. The SMILES string of the molecule is CC(O)N(C(=O)CCCCCCOc1cccc2c1N=C(N)N(CC(=O)C1CCCCC1N(C)C)C2)C1CCCCC1. The van der Waals surface area contributed by atoms with E-state index in [2.05, 4.69) is 24.0 Å². The first-order valence-corrected chi connectivity index (χ1v) is 16.3. The maximum absolute atomic E-state index is 13.3. The third kappa shape index (κ3) is 8.47. The fraction of sp³-hybridized carbons (Fsp3) is 0.727. The number of hydrogen-bond donors (Lipinski definition) is 2. The summed E-state index contributed by atoms with van der Waals surface area (Å²) in [5, 5.41) is 10.2. The summed E-state index contributed by atoms with van der Waals surface area (Å²) < 4.78 is 6.12. The first-order valence-electron chi connectivity index (χ1n) is 16.3. The highest BCUT2D eigenvalue weighted by Gasteiger charge is 2.34. The largest absolute Gasteiger partial charge is 0.491 e. The van der Waals surface area contributed by atoms with E-state index in [4.69, 9.17) is 10.5 Å². The van der Waals surface area contributed by atoms with Crippen LogP contribution < -0.4 is 10.5 Å². The lowest BCUT2D eigenvalue weighted by Gasteiger charge is -2.37. The number of carbonyl (C=O) groups excluding carboxylic acids is 2. The van der Waals surface area contributed by atoms with Crippen LogP contribution in [0.2, 0.25) is 0 Å². The van der Waals surface area contributed by atoms with Crippen LogP contribution in [-0.2, 0) is 16.1 Å². The van der Waals surface area contributed by atoms with Crippen LogP contribution in [0.15, 0.2) is 23.2 Å². The van der Waals surface area contributed by atoms with Crippen LogP contribution >= 0.6 is 0 Å². The highest BCUT2D eigenvalue weighted by Crippen LogP contribution is 2.36. The van der Waals surface area contributed by atoms with E-state index >= 15 is 0 Å². The summed E-state index contributed by atoms with van der Waals surface area (Å²) >= 11 is 0. The van der Waals surface area contributed by atoms with Crippen molar-refractivity contribution in [1.82, 2.24) is 14.7 Å². The minimum absolute atomic E-state index is 0.0461. The summed E-state index contributed by atoms with van der Waals surface area (Å²) in [7, 11) is 4.13. The van der Waals surface area contributed by atoms with E-state index in [1.807, 2.05) is 23.1 Å². The van der Waals surface area contributed by atoms with Crippen molar-refractivity contribution in [2.45, 2.75) is 122 Å². The molecule has 3 aliphatic rings. The minimum Gasteiger partial charge on any atom is -0.491 e. The molecule has 3 unspecified atom stereocenters. The van der Waals surface area contributed by atoms with Crippen LogP contribution in [0.5, 0.6) is 5.75 Å². The van der Waals surface area contributed by atoms with Crippen molar-refractivity contribution in [2.24, 2.45) is 16.6 Å². The van der Waals surface area contributed by atoms with Gasteiger partial charge in [-0.25, -0.2) is 4.99 Å². The smallest absolute Gasteiger partial charge is 0.224 e. The normalized spacial score (nSPS) is 21.9. The zero-order valence-electron chi connectivity index (χ0n) is 26.1. The molecule has 0 saturated heterocycles. The van der Waals surface area contributed by atoms with Crippen molar-refractivity contribution in [2.75, 3.05) is 27.2 Å². The number of amides is 1. The third-order valence-electron chi connectivity index (χ3n) is 9.35. The van der Waals surface area contributed by atoms with Crippen molar-refractivity contribution in [3.63, 3.8) is 0 Å². The van der Waals surface area contributed by atoms with Crippen molar-refractivity contribution in [3.8, 4) is 5.75 Å². The van der Waals surface area contributed by atoms with E-state index in [0.29, 0.717) is 31.6 Å². The molecule has 4 rings (SSSR count). The number of unbranched alkanes of at least 4 members (excludes halogenated alkanes) is 3. The van der Waals surface area contributed by atoms with E-state index in [1.54, 1.807) is 11.8 Å². The van der Waals surface area contributed by atoms with Crippen LogP contribution in [0.1, 0.15) is 102 Å². The maximum Gasteiger partial charge on any atom is 0.224 e. The summed E-state index contributed by atoms with van der Waals surface area (Å²) in [5.41, 5.74) is 8.14. The predicted molar refractivity (Wildman–Crippen MR) is 167 cm³/mol. The van der Waals surface area contributed by atoms with Crippen LogP contribution in [0.4, 0.5) is 5.69 Å². The Kier molecular flexibility index (Phi) is 12.1. The molecule has 0 spiro atoms. The lowest BCUT2D eigenvalue weighted by Crippen LogP contribution is -2.47.